The summed E-state index contributed by atoms with van der Waals surface area (Å²) >= 11 is 0. The van der Waals surface area contributed by atoms with Gasteiger partial charge in [-0.1, -0.05) is 43.7 Å². The maximum absolute atomic E-state index is 12.3. The Hall–Kier alpha value is -1.84. The van der Waals surface area contributed by atoms with Crippen LogP contribution < -0.4 is 5.32 Å². The molecule has 1 aromatic carbocycles. The number of hydrogen-bond donors (Lipinski definition) is 1. The molecule has 0 bridgehead atoms. The molecule has 1 heterocycles. The summed E-state index contributed by atoms with van der Waals surface area (Å²) in [6.07, 6.45) is 4.79. The molecule has 0 radical (unpaired) electrons. The summed E-state index contributed by atoms with van der Waals surface area (Å²) in [6, 6.07) is 10.1. The molecule has 120 valence electrons. The van der Waals surface area contributed by atoms with E-state index in [-0.39, 0.29) is 17.9 Å². The summed E-state index contributed by atoms with van der Waals surface area (Å²) in [4.78, 5) is 25.9. The van der Waals surface area contributed by atoms with Gasteiger partial charge in [-0.2, -0.15) is 0 Å². The molecular weight excluding hydrogens is 276 g/mol. The second-order valence-electron chi connectivity index (χ2n) is 5.99. The van der Waals surface area contributed by atoms with Gasteiger partial charge in [0.05, 0.1) is 6.42 Å². The lowest BCUT2D eigenvalue weighted by atomic mass is 10.0. The molecule has 2 rings (SSSR count). The van der Waals surface area contributed by atoms with Crippen LogP contribution in [0.25, 0.3) is 0 Å². The van der Waals surface area contributed by atoms with Crippen molar-refractivity contribution in [3.05, 3.63) is 35.9 Å². The Morgan fingerprint density at radius 2 is 1.86 bits per heavy atom. The van der Waals surface area contributed by atoms with Crippen molar-refractivity contribution in [2.45, 2.75) is 51.5 Å². The predicted octanol–water partition coefficient (Wildman–Crippen LogP) is 2.53. The number of rotatable bonds is 6. The van der Waals surface area contributed by atoms with Gasteiger partial charge in [-0.05, 0) is 24.8 Å². The standard InChI is InChI=1S/C18H26N2O2/c1-2-3-9-17(21)19-16-10-12-20(13-11-16)18(22)14-15-7-5-4-6-8-15/h4-8,16H,2-3,9-14H2,1H3,(H,19,21). The van der Waals surface area contributed by atoms with Gasteiger partial charge in [0.2, 0.25) is 11.8 Å². The van der Waals surface area contributed by atoms with Gasteiger partial charge in [-0.3, -0.25) is 9.59 Å². The fraction of sp³-hybridized carbons (Fsp3) is 0.556. The molecule has 22 heavy (non-hydrogen) atoms. The van der Waals surface area contributed by atoms with Gasteiger partial charge in [0.1, 0.15) is 0 Å². The summed E-state index contributed by atoms with van der Waals surface area (Å²) in [5.74, 6) is 0.331. The van der Waals surface area contributed by atoms with Gasteiger partial charge >= 0.3 is 0 Å². The van der Waals surface area contributed by atoms with Crippen molar-refractivity contribution in [1.82, 2.24) is 10.2 Å². The van der Waals surface area contributed by atoms with Crippen molar-refractivity contribution in [3.8, 4) is 0 Å². The molecule has 1 aromatic rings. The Bertz CT molecular complexity index is 479. The van der Waals surface area contributed by atoms with Gasteiger partial charge < -0.3 is 10.2 Å². The minimum Gasteiger partial charge on any atom is -0.353 e. The molecular formula is C18H26N2O2. The highest BCUT2D eigenvalue weighted by Gasteiger charge is 2.23. The lowest BCUT2D eigenvalue weighted by Crippen LogP contribution is -2.46. The molecule has 0 aromatic heterocycles. The molecule has 1 saturated heterocycles. The van der Waals surface area contributed by atoms with Crippen LogP contribution in [0, 0.1) is 0 Å². The summed E-state index contributed by atoms with van der Waals surface area (Å²) in [6.45, 7) is 3.57. The highest BCUT2D eigenvalue weighted by atomic mass is 16.2. The van der Waals surface area contributed by atoms with E-state index in [0.29, 0.717) is 12.8 Å². The summed E-state index contributed by atoms with van der Waals surface area (Å²) in [5, 5.41) is 3.09. The zero-order chi connectivity index (χ0) is 15.8. The van der Waals surface area contributed by atoms with E-state index in [9.17, 15) is 9.59 Å². The highest BCUT2D eigenvalue weighted by molar-refractivity contribution is 5.79. The first-order chi connectivity index (χ1) is 10.7. The molecule has 0 saturated carbocycles. The summed E-state index contributed by atoms with van der Waals surface area (Å²) in [7, 11) is 0. The Morgan fingerprint density at radius 1 is 1.18 bits per heavy atom. The number of benzene rings is 1. The molecule has 2 amide bonds. The molecule has 0 unspecified atom stereocenters. The molecule has 1 fully saturated rings. The first-order valence-electron chi connectivity index (χ1n) is 8.30. The minimum absolute atomic E-state index is 0.149. The maximum atomic E-state index is 12.3. The van der Waals surface area contributed by atoms with Crippen LogP contribution in [-0.4, -0.2) is 35.8 Å². The topological polar surface area (TPSA) is 49.4 Å². The Balaban J connectivity index is 1.72. The first kappa shape index (κ1) is 16.5. The van der Waals surface area contributed by atoms with Crippen molar-refractivity contribution in [2.75, 3.05) is 13.1 Å². The van der Waals surface area contributed by atoms with Gasteiger partial charge in [-0.25, -0.2) is 0 Å². The zero-order valence-corrected chi connectivity index (χ0v) is 13.4. The molecule has 4 heteroatoms. The Morgan fingerprint density at radius 3 is 2.50 bits per heavy atom. The van der Waals surface area contributed by atoms with Crippen LogP contribution in [-0.2, 0) is 16.0 Å². The Labute approximate surface area is 132 Å². The number of piperidine rings is 1. The third-order valence-corrected chi connectivity index (χ3v) is 4.17. The monoisotopic (exact) mass is 302 g/mol. The van der Waals surface area contributed by atoms with Crippen LogP contribution in [0.15, 0.2) is 30.3 Å². The SMILES string of the molecule is CCCCC(=O)NC1CCN(C(=O)Cc2ccccc2)CC1. The number of carbonyl (C=O) groups excluding carboxylic acids is 2. The van der Waals surface area contributed by atoms with Gasteiger partial charge in [0.25, 0.3) is 0 Å². The number of hydrogen-bond acceptors (Lipinski definition) is 2. The third kappa shape index (κ3) is 5.17. The largest absolute Gasteiger partial charge is 0.353 e. The molecule has 0 spiro atoms. The van der Waals surface area contributed by atoms with E-state index in [2.05, 4.69) is 12.2 Å². The van der Waals surface area contributed by atoms with Gasteiger partial charge in [-0.15, -0.1) is 0 Å². The fourth-order valence-electron chi connectivity index (χ4n) is 2.79. The van der Waals surface area contributed by atoms with Crippen LogP contribution in [0.4, 0.5) is 0 Å². The molecule has 4 nitrogen and oxygen atoms in total. The molecule has 0 aliphatic carbocycles. The maximum Gasteiger partial charge on any atom is 0.226 e. The first-order valence-corrected chi connectivity index (χ1v) is 8.30. The highest BCUT2D eigenvalue weighted by Crippen LogP contribution is 2.13. The van der Waals surface area contributed by atoms with Crippen LogP contribution >= 0.6 is 0 Å². The molecule has 1 aliphatic rings. The quantitative estimate of drug-likeness (QED) is 0.878. The molecule has 1 aliphatic heterocycles. The lowest BCUT2D eigenvalue weighted by Gasteiger charge is -2.32. The summed E-state index contributed by atoms with van der Waals surface area (Å²) < 4.78 is 0. The zero-order valence-electron chi connectivity index (χ0n) is 13.4. The van der Waals surface area contributed by atoms with E-state index in [1.807, 2.05) is 35.2 Å². The van der Waals surface area contributed by atoms with Crippen LogP contribution in [0.1, 0.15) is 44.6 Å². The van der Waals surface area contributed by atoms with E-state index in [0.717, 1.165) is 44.3 Å². The lowest BCUT2D eigenvalue weighted by molar-refractivity contribution is -0.131. The predicted molar refractivity (Wildman–Crippen MR) is 87.4 cm³/mol. The number of amides is 2. The number of nitrogens with one attached hydrogen (secondary N) is 1. The number of nitrogens with zero attached hydrogens (tertiary/aromatic N) is 1. The second kappa shape index (κ2) is 8.57. The van der Waals surface area contributed by atoms with Crippen molar-refractivity contribution in [3.63, 3.8) is 0 Å². The normalized spacial score (nSPS) is 15.6. The van der Waals surface area contributed by atoms with E-state index in [1.165, 1.54) is 0 Å². The number of likely N-dealkylation sites (tertiary alicyclic amines) is 1. The minimum atomic E-state index is 0.149. The van der Waals surface area contributed by atoms with Gasteiger partial charge in [0.15, 0.2) is 0 Å². The second-order valence-corrected chi connectivity index (χ2v) is 5.99. The van der Waals surface area contributed by atoms with Crippen LogP contribution in [0.3, 0.4) is 0 Å². The molecule has 1 N–H and O–H groups in total. The Kier molecular flexibility index (Phi) is 6.44. The van der Waals surface area contributed by atoms with Crippen LogP contribution in [0.5, 0.6) is 0 Å². The van der Waals surface area contributed by atoms with Crippen molar-refractivity contribution in [1.29, 1.82) is 0 Å². The van der Waals surface area contributed by atoms with Gasteiger partial charge in [0, 0.05) is 25.6 Å². The summed E-state index contributed by atoms with van der Waals surface area (Å²) in [5.41, 5.74) is 1.06. The van der Waals surface area contributed by atoms with E-state index >= 15 is 0 Å². The fourth-order valence-corrected chi connectivity index (χ4v) is 2.79. The van der Waals surface area contributed by atoms with Crippen molar-refractivity contribution in [2.24, 2.45) is 0 Å². The van der Waals surface area contributed by atoms with E-state index in [1.54, 1.807) is 0 Å². The van der Waals surface area contributed by atoms with Crippen molar-refractivity contribution >= 4 is 11.8 Å². The average molecular weight is 302 g/mol. The van der Waals surface area contributed by atoms with Crippen molar-refractivity contribution < 1.29 is 9.59 Å². The number of unbranched alkanes of at least 4 members (excludes halogenated alkanes) is 1. The number of carbonyl (C=O) groups is 2. The van der Waals surface area contributed by atoms with Crippen LogP contribution in [0.2, 0.25) is 0 Å². The average Bonchev–Trinajstić information content (AvgIpc) is 2.54. The van der Waals surface area contributed by atoms with E-state index in [4.69, 9.17) is 0 Å². The van der Waals surface area contributed by atoms with E-state index < -0.39 is 0 Å². The molecule has 0 atom stereocenters. The third-order valence-electron chi connectivity index (χ3n) is 4.17. The smallest absolute Gasteiger partial charge is 0.226 e.